The van der Waals surface area contributed by atoms with Crippen LogP contribution >= 0.6 is 15.9 Å². The Balaban J connectivity index is 2.27. The molecule has 1 saturated carbocycles. The number of rotatable bonds is 2. The molecular formula is C8H7BrO2. The molecule has 2 rings (SSSR count). The molecule has 11 heavy (non-hydrogen) atoms. The molecule has 1 fully saturated rings. The molecule has 1 aromatic heterocycles. The third kappa shape index (κ3) is 1.25. The average molecular weight is 215 g/mol. The number of carbonyl (C=O) groups excluding carboxylic acids is 1. The first-order valence-corrected chi connectivity index (χ1v) is 4.35. The average Bonchev–Trinajstić information content (AvgIpc) is 2.74. The summed E-state index contributed by atoms with van der Waals surface area (Å²) in [6.45, 7) is 0. The standard InChI is InChI=1S/C8H7BrO2/c9-8-6(3-4-11-8)7(10)5-1-2-5/h3-5H,1-2H2. The van der Waals surface area contributed by atoms with E-state index in [1.165, 1.54) is 6.26 Å². The summed E-state index contributed by atoms with van der Waals surface area (Å²) in [5.41, 5.74) is 0.688. The van der Waals surface area contributed by atoms with Crippen molar-refractivity contribution in [1.82, 2.24) is 0 Å². The topological polar surface area (TPSA) is 30.2 Å². The summed E-state index contributed by atoms with van der Waals surface area (Å²) in [4.78, 5) is 11.4. The minimum atomic E-state index is 0.214. The zero-order chi connectivity index (χ0) is 7.84. The normalized spacial score (nSPS) is 16.8. The molecule has 0 atom stereocenters. The number of hydrogen-bond acceptors (Lipinski definition) is 2. The van der Waals surface area contributed by atoms with Gasteiger partial charge < -0.3 is 4.42 Å². The molecule has 3 heteroatoms. The molecule has 0 saturated heterocycles. The van der Waals surface area contributed by atoms with Crippen LogP contribution in [0.3, 0.4) is 0 Å². The van der Waals surface area contributed by atoms with Crippen LogP contribution in [0.2, 0.25) is 0 Å². The number of ketones is 1. The predicted molar refractivity (Wildman–Crippen MR) is 43.5 cm³/mol. The van der Waals surface area contributed by atoms with Gasteiger partial charge in [0.25, 0.3) is 0 Å². The van der Waals surface area contributed by atoms with Crippen molar-refractivity contribution in [3.63, 3.8) is 0 Å². The van der Waals surface area contributed by atoms with Gasteiger partial charge in [0.2, 0.25) is 0 Å². The molecule has 1 heterocycles. The van der Waals surface area contributed by atoms with Gasteiger partial charge in [-0.3, -0.25) is 4.79 Å². The minimum absolute atomic E-state index is 0.214. The van der Waals surface area contributed by atoms with Gasteiger partial charge in [0, 0.05) is 5.92 Å². The van der Waals surface area contributed by atoms with Gasteiger partial charge in [-0.25, -0.2) is 0 Å². The highest BCUT2D eigenvalue weighted by Crippen LogP contribution is 2.34. The molecule has 0 N–H and O–H groups in total. The maximum atomic E-state index is 11.4. The molecule has 2 nitrogen and oxygen atoms in total. The van der Waals surface area contributed by atoms with E-state index in [0.717, 1.165) is 12.8 Å². The lowest BCUT2D eigenvalue weighted by Gasteiger charge is -1.91. The van der Waals surface area contributed by atoms with Gasteiger partial charge in [-0.05, 0) is 34.8 Å². The van der Waals surface area contributed by atoms with E-state index in [2.05, 4.69) is 15.9 Å². The number of furan rings is 1. The van der Waals surface area contributed by atoms with Gasteiger partial charge in [0.05, 0.1) is 11.8 Å². The first-order valence-electron chi connectivity index (χ1n) is 3.56. The number of hydrogen-bond donors (Lipinski definition) is 0. The zero-order valence-corrected chi connectivity index (χ0v) is 7.43. The van der Waals surface area contributed by atoms with Crippen LogP contribution in [0.15, 0.2) is 21.4 Å². The van der Waals surface area contributed by atoms with Crippen molar-refractivity contribution in [1.29, 1.82) is 0 Å². The van der Waals surface area contributed by atoms with E-state index < -0.39 is 0 Å². The Morgan fingerprint density at radius 1 is 1.64 bits per heavy atom. The molecule has 0 aromatic carbocycles. The Morgan fingerprint density at radius 2 is 2.36 bits per heavy atom. The van der Waals surface area contributed by atoms with Crippen LogP contribution in [0, 0.1) is 5.92 Å². The molecule has 1 aliphatic carbocycles. The van der Waals surface area contributed by atoms with E-state index in [1.807, 2.05) is 0 Å². The lowest BCUT2D eigenvalue weighted by Crippen LogP contribution is -1.99. The van der Waals surface area contributed by atoms with E-state index in [-0.39, 0.29) is 11.7 Å². The van der Waals surface area contributed by atoms with Crippen LogP contribution in [0.25, 0.3) is 0 Å². The summed E-state index contributed by atoms with van der Waals surface area (Å²) >= 11 is 3.18. The largest absolute Gasteiger partial charge is 0.457 e. The third-order valence-corrected chi connectivity index (χ3v) is 2.45. The Kier molecular flexibility index (Phi) is 1.60. The van der Waals surface area contributed by atoms with Gasteiger partial charge in [-0.15, -0.1) is 0 Å². The van der Waals surface area contributed by atoms with Gasteiger partial charge in [-0.2, -0.15) is 0 Å². The molecule has 0 bridgehead atoms. The van der Waals surface area contributed by atoms with Gasteiger partial charge >= 0.3 is 0 Å². The van der Waals surface area contributed by atoms with Gasteiger partial charge in [0.1, 0.15) is 0 Å². The van der Waals surface area contributed by atoms with Crippen LogP contribution in [-0.2, 0) is 0 Å². The molecule has 0 radical (unpaired) electrons. The highest BCUT2D eigenvalue weighted by atomic mass is 79.9. The molecule has 0 aliphatic heterocycles. The van der Waals surface area contributed by atoms with Crippen LogP contribution < -0.4 is 0 Å². The summed E-state index contributed by atoms with van der Waals surface area (Å²) < 4.78 is 5.52. The Hall–Kier alpha value is -0.570. The second-order valence-corrected chi connectivity index (χ2v) is 3.47. The lowest BCUT2D eigenvalue weighted by atomic mass is 10.1. The van der Waals surface area contributed by atoms with Gasteiger partial charge in [0.15, 0.2) is 10.5 Å². The van der Waals surface area contributed by atoms with Gasteiger partial charge in [-0.1, -0.05) is 0 Å². The first-order chi connectivity index (χ1) is 5.29. The molecular weight excluding hydrogens is 208 g/mol. The number of Topliss-reactive ketones (excluding diaryl/α,β-unsaturated/α-hetero) is 1. The summed E-state index contributed by atoms with van der Waals surface area (Å²) in [5.74, 6) is 0.481. The molecule has 1 aliphatic rings. The summed E-state index contributed by atoms with van der Waals surface area (Å²) in [6, 6.07) is 1.71. The maximum absolute atomic E-state index is 11.4. The summed E-state index contributed by atoms with van der Waals surface area (Å²) in [6.07, 6.45) is 3.60. The molecule has 0 spiro atoms. The van der Waals surface area contributed by atoms with E-state index >= 15 is 0 Å². The quantitative estimate of drug-likeness (QED) is 0.709. The van der Waals surface area contributed by atoms with Crippen LogP contribution in [-0.4, -0.2) is 5.78 Å². The molecule has 0 amide bonds. The fraction of sp³-hybridized carbons (Fsp3) is 0.375. The van der Waals surface area contributed by atoms with Crippen molar-refractivity contribution >= 4 is 21.7 Å². The molecule has 0 unspecified atom stereocenters. The second kappa shape index (κ2) is 2.48. The summed E-state index contributed by atoms with van der Waals surface area (Å²) in [7, 11) is 0. The number of carbonyl (C=O) groups is 1. The third-order valence-electron chi connectivity index (χ3n) is 1.83. The lowest BCUT2D eigenvalue weighted by molar-refractivity contribution is 0.0966. The van der Waals surface area contributed by atoms with Crippen molar-refractivity contribution in [2.45, 2.75) is 12.8 Å². The highest BCUT2D eigenvalue weighted by Gasteiger charge is 2.32. The van der Waals surface area contributed by atoms with Crippen LogP contribution in [0.1, 0.15) is 23.2 Å². The highest BCUT2D eigenvalue weighted by molar-refractivity contribution is 9.10. The van der Waals surface area contributed by atoms with Crippen molar-refractivity contribution in [2.24, 2.45) is 5.92 Å². The molecule has 58 valence electrons. The summed E-state index contributed by atoms with van der Waals surface area (Å²) in [5, 5.41) is 0. The fourth-order valence-electron chi connectivity index (χ4n) is 1.04. The molecule has 1 aromatic rings. The zero-order valence-electron chi connectivity index (χ0n) is 5.84. The monoisotopic (exact) mass is 214 g/mol. The fourth-order valence-corrected chi connectivity index (χ4v) is 1.47. The maximum Gasteiger partial charge on any atom is 0.179 e. The number of halogens is 1. The Morgan fingerprint density at radius 3 is 2.82 bits per heavy atom. The minimum Gasteiger partial charge on any atom is -0.457 e. The van der Waals surface area contributed by atoms with Crippen LogP contribution in [0.4, 0.5) is 0 Å². The van der Waals surface area contributed by atoms with Crippen molar-refractivity contribution < 1.29 is 9.21 Å². The predicted octanol–water partition coefficient (Wildman–Crippen LogP) is 2.63. The van der Waals surface area contributed by atoms with E-state index in [9.17, 15) is 4.79 Å². The van der Waals surface area contributed by atoms with Crippen molar-refractivity contribution in [3.05, 3.63) is 22.6 Å². The van der Waals surface area contributed by atoms with Crippen molar-refractivity contribution in [2.75, 3.05) is 0 Å². The smallest absolute Gasteiger partial charge is 0.179 e. The van der Waals surface area contributed by atoms with Crippen molar-refractivity contribution in [3.8, 4) is 0 Å². The van der Waals surface area contributed by atoms with E-state index in [1.54, 1.807) is 6.07 Å². The van der Waals surface area contributed by atoms with E-state index in [4.69, 9.17) is 4.42 Å². The Labute approximate surface area is 72.7 Å². The SMILES string of the molecule is O=C(c1ccoc1Br)C1CC1. The first kappa shape index (κ1) is 7.10. The van der Waals surface area contributed by atoms with E-state index in [0.29, 0.717) is 10.2 Å². The Bertz CT molecular complexity index is 286. The van der Waals surface area contributed by atoms with Crippen LogP contribution in [0.5, 0.6) is 0 Å². The second-order valence-electron chi connectivity index (χ2n) is 2.75.